The van der Waals surface area contributed by atoms with Gasteiger partial charge in [-0.2, -0.15) is 5.10 Å². The van der Waals surface area contributed by atoms with Gasteiger partial charge in [0.1, 0.15) is 12.3 Å². The van der Waals surface area contributed by atoms with Crippen LogP contribution in [0.1, 0.15) is 5.69 Å². The predicted octanol–water partition coefficient (Wildman–Crippen LogP) is -0.660. The maximum atomic E-state index is 11.4. The summed E-state index contributed by atoms with van der Waals surface area (Å²) in [7, 11) is 3.34. The van der Waals surface area contributed by atoms with Gasteiger partial charge in [0.05, 0.1) is 30.6 Å². The molecule has 0 aromatic carbocycles. The van der Waals surface area contributed by atoms with Crippen molar-refractivity contribution in [3.63, 3.8) is 0 Å². The third-order valence-corrected chi connectivity index (χ3v) is 3.54. The Balaban J connectivity index is 1.67. The maximum Gasteiger partial charge on any atom is 0.246 e. The molecule has 22 heavy (non-hydrogen) atoms. The van der Waals surface area contributed by atoms with E-state index < -0.39 is 0 Å². The van der Waals surface area contributed by atoms with Crippen molar-refractivity contribution < 1.29 is 14.3 Å². The summed E-state index contributed by atoms with van der Waals surface area (Å²) in [6.07, 6.45) is 1.59. The van der Waals surface area contributed by atoms with Crippen molar-refractivity contribution in [3.05, 3.63) is 18.0 Å². The number of methoxy groups -OCH3 is 1. The number of rotatable bonds is 5. The SMILES string of the molecule is COCC(=O)NCC1Cn2nnc(-c3ccnn3C)c2CO1. The van der Waals surface area contributed by atoms with Gasteiger partial charge in [0.25, 0.3) is 0 Å². The van der Waals surface area contributed by atoms with E-state index in [4.69, 9.17) is 9.47 Å². The minimum Gasteiger partial charge on any atom is -0.375 e. The minimum atomic E-state index is -0.161. The first-order valence-corrected chi connectivity index (χ1v) is 6.97. The number of ether oxygens (including phenoxy) is 2. The van der Waals surface area contributed by atoms with E-state index in [0.717, 1.165) is 17.1 Å². The average Bonchev–Trinajstić information content (AvgIpc) is 3.10. The number of aryl methyl sites for hydroxylation is 1. The Bertz CT molecular complexity index is 665. The minimum absolute atomic E-state index is 0.0476. The van der Waals surface area contributed by atoms with Gasteiger partial charge in [0.2, 0.25) is 5.91 Å². The van der Waals surface area contributed by atoms with Crippen LogP contribution >= 0.6 is 0 Å². The molecule has 1 amide bonds. The van der Waals surface area contributed by atoms with Crippen LogP contribution in [0.15, 0.2) is 12.3 Å². The predicted molar refractivity (Wildman–Crippen MR) is 75.7 cm³/mol. The Hall–Kier alpha value is -2.26. The van der Waals surface area contributed by atoms with E-state index in [0.29, 0.717) is 19.7 Å². The first-order chi connectivity index (χ1) is 10.7. The van der Waals surface area contributed by atoms with Crippen molar-refractivity contribution in [1.29, 1.82) is 0 Å². The van der Waals surface area contributed by atoms with Gasteiger partial charge >= 0.3 is 0 Å². The largest absolute Gasteiger partial charge is 0.375 e. The van der Waals surface area contributed by atoms with Crippen LogP contribution in [-0.2, 0) is 34.5 Å². The molecule has 3 rings (SSSR count). The highest BCUT2D eigenvalue weighted by Gasteiger charge is 2.25. The monoisotopic (exact) mass is 306 g/mol. The summed E-state index contributed by atoms with van der Waals surface area (Å²) in [6.45, 7) is 1.42. The number of nitrogens with one attached hydrogen (secondary N) is 1. The lowest BCUT2D eigenvalue weighted by Gasteiger charge is -2.24. The van der Waals surface area contributed by atoms with Crippen molar-refractivity contribution in [2.45, 2.75) is 19.3 Å². The topological polar surface area (TPSA) is 96.1 Å². The highest BCUT2D eigenvalue weighted by molar-refractivity contribution is 5.77. The van der Waals surface area contributed by atoms with Gasteiger partial charge in [-0.3, -0.25) is 9.48 Å². The molecular weight excluding hydrogens is 288 g/mol. The first-order valence-electron chi connectivity index (χ1n) is 6.97. The molecule has 1 atom stereocenters. The van der Waals surface area contributed by atoms with Crippen molar-refractivity contribution in [1.82, 2.24) is 30.1 Å². The summed E-state index contributed by atoms with van der Waals surface area (Å²) < 4.78 is 14.1. The third kappa shape index (κ3) is 2.85. The van der Waals surface area contributed by atoms with E-state index in [2.05, 4.69) is 20.7 Å². The number of nitrogens with zero attached hydrogens (tertiary/aromatic N) is 5. The third-order valence-electron chi connectivity index (χ3n) is 3.54. The van der Waals surface area contributed by atoms with E-state index in [-0.39, 0.29) is 18.6 Å². The second kappa shape index (κ2) is 6.24. The van der Waals surface area contributed by atoms with Gasteiger partial charge in [0.15, 0.2) is 0 Å². The van der Waals surface area contributed by atoms with E-state index in [1.807, 2.05) is 17.8 Å². The standard InChI is InChI=1S/C13H18N6O3/c1-18-10(3-4-15-18)13-11-7-22-9(6-19(11)17-16-13)5-14-12(20)8-21-2/h3-4,9H,5-8H2,1-2H3,(H,14,20). The fraction of sp³-hybridized carbons (Fsp3) is 0.538. The average molecular weight is 306 g/mol. The lowest BCUT2D eigenvalue weighted by atomic mass is 10.2. The van der Waals surface area contributed by atoms with Crippen LogP contribution in [0.2, 0.25) is 0 Å². The van der Waals surface area contributed by atoms with E-state index in [9.17, 15) is 4.79 Å². The van der Waals surface area contributed by atoms with Gasteiger partial charge < -0.3 is 14.8 Å². The summed E-state index contributed by atoms with van der Waals surface area (Å²) in [5.41, 5.74) is 2.60. The zero-order valence-corrected chi connectivity index (χ0v) is 12.5. The molecule has 0 saturated heterocycles. The molecule has 1 unspecified atom stereocenters. The summed E-state index contributed by atoms with van der Waals surface area (Å²) in [6, 6.07) is 1.89. The molecule has 2 aromatic rings. The van der Waals surface area contributed by atoms with Crippen LogP contribution < -0.4 is 5.32 Å². The normalized spacial score (nSPS) is 17.3. The number of fused-ring (bicyclic) bond motifs is 1. The molecule has 9 heteroatoms. The van der Waals surface area contributed by atoms with E-state index in [1.54, 1.807) is 10.9 Å². The molecule has 0 aliphatic carbocycles. The van der Waals surface area contributed by atoms with Gasteiger partial charge in [-0.05, 0) is 6.07 Å². The highest BCUT2D eigenvalue weighted by Crippen LogP contribution is 2.24. The number of amides is 1. The molecule has 0 fully saturated rings. The summed E-state index contributed by atoms with van der Waals surface area (Å²) in [5.74, 6) is -0.161. The van der Waals surface area contributed by atoms with E-state index in [1.165, 1.54) is 7.11 Å². The summed E-state index contributed by atoms with van der Waals surface area (Å²) in [5, 5.41) is 15.3. The fourth-order valence-electron chi connectivity index (χ4n) is 2.40. The lowest BCUT2D eigenvalue weighted by Crippen LogP contribution is -2.40. The van der Waals surface area contributed by atoms with Crippen LogP contribution in [0.5, 0.6) is 0 Å². The van der Waals surface area contributed by atoms with E-state index >= 15 is 0 Å². The number of carbonyl (C=O) groups is 1. The van der Waals surface area contributed by atoms with Crippen LogP contribution in [0.4, 0.5) is 0 Å². The molecule has 118 valence electrons. The van der Waals surface area contributed by atoms with Crippen molar-refractivity contribution in [3.8, 4) is 11.4 Å². The number of hydrogen-bond donors (Lipinski definition) is 1. The van der Waals surface area contributed by atoms with Gasteiger partial charge in [0, 0.05) is 26.9 Å². The highest BCUT2D eigenvalue weighted by atomic mass is 16.5. The molecule has 1 aliphatic heterocycles. The fourth-order valence-corrected chi connectivity index (χ4v) is 2.40. The van der Waals surface area contributed by atoms with Gasteiger partial charge in [-0.25, -0.2) is 4.68 Å². The molecule has 0 radical (unpaired) electrons. The second-order valence-corrected chi connectivity index (χ2v) is 5.08. The maximum absolute atomic E-state index is 11.4. The molecule has 3 heterocycles. The molecule has 9 nitrogen and oxygen atoms in total. The Labute approximate surface area is 127 Å². The van der Waals surface area contributed by atoms with Crippen molar-refractivity contribution >= 4 is 5.91 Å². The second-order valence-electron chi connectivity index (χ2n) is 5.08. The lowest BCUT2D eigenvalue weighted by molar-refractivity contribution is -0.125. The Kier molecular flexibility index (Phi) is 4.16. The molecule has 0 saturated carbocycles. The Morgan fingerprint density at radius 3 is 3.18 bits per heavy atom. The van der Waals surface area contributed by atoms with Gasteiger partial charge in [-0.1, -0.05) is 5.21 Å². The molecule has 1 aliphatic rings. The van der Waals surface area contributed by atoms with Gasteiger partial charge in [-0.15, -0.1) is 5.10 Å². The molecule has 1 N–H and O–H groups in total. The van der Waals surface area contributed by atoms with Crippen LogP contribution in [0, 0.1) is 0 Å². The van der Waals surface area contributed by atoms with Crippen molar-refractivity contribution in [2.24, 2.45) is 7.05 Å². The molecule has 0 spiro atoms. The number of carbonyl (C=O) groups excluding carboxylic acids is 1. The zero-order valence-electron chi connectivity index (χ0n) is 12.5. The van der Waals surface area contributed by atoms with Crippen LogP contribution in [0.25, 0.3) is 11.4 Å². The quantitative estimate of drug-likeness (QED) is 0.788. The zero-order chi connectivity index (χ0) is 15.5. The number of hydrogen-bond acceptors (Lipinski definition) is 6. The number of aromatic nitrogens is 5. The summed E-state index contributed by atoms with van der Waals surface area (Å²) >= 11 is 0. The van der Waals surface area contributed by atoms with Crippen LogP contribution in [0.3, 0.4) is 0 Å². The smallest absolute Gasteiger partial charge is 0.246 e. The first kappa shape index (κ1) is 14.7. The molecular formula is C13H18N6O3. The Morgan fingerprint density at radius 2 is 2.45 bits per heavy atom. The summed E-state index contributed by atoms with van der Waals surface area (Å²) in [4.78, 5) is 11.4. The van der Waals surface area contributed by atoms with Crippen molar-refractivity contribution in [2.75, 3.05) is 20.3 Å². The molecule has 2 aromatic heterocycles. The Morgan fingerprint density at radius 1 is 1.59 bits per heavy atom. The van der Waals surface area contributed by atoms with Crippen LogP contribution in [-0.4, -0.2) is 57.0 Å². The molecule has 0 bridgehead atoms.